The summed E-state index contributed by atoms with van der Waals surface area (Å²) in [5.41, 5.74) is 12.5. The summed E-state index contributed by atoms with van der Waals surface area (Å²) in [6, 6.07) is 38.7. The number of aromatic nitrogens is 2. The molecule has 0 saturated heterocycles. The van der Waals surface area contributed by atoms with Crippen LogP contribution < -0.4 is 5.32 Å². The van der Waals surface area contributed by atoms with E-state index in [2.05, 4.69) is 134 Å². The molecular weight excluding hydrogens is 534 g/mol. The first-order valence-electron chi connectivity index (χ1n) is 15.2. The van der Waals surface area contributed by atoms with Gasteiger partial charge >= 0.3 is 0 Å². The molecule has 3 nitrogen and oxygen atoms in total. The molecule has 5 aromatic rings. The molecule has 0 radical (unpaired) electrons. The summed E-state index contributed by atoms with van der Waals surface area (Å²) < 4.78 is 0. The summed E-state index contributed by atoms with van der Waals surface area (Å²) in [6.45, 7) is 4.44. The fourth-order valence-electron chi connectivity index (χ4n) is 5.84. The van der Waals surface area contributed by atoms with Gasteiger partial charge in [0.15, 0.2) is 0 Å². The number of pyridine rings is 1. The van der Waals surface area contributed by atoms with Gasteiger partial charge in [-0.1, -0.05) is 104 Å². The van der Waals surface area contributed by atoms with E-state index >= 15 is 0 Å². The minimum absolute atomic E-state index is 0.246. The molecule has 2 atom stereocenters. The van der Waals surface area contributed by atoms with Crippen molar-refractivity contribution >= 4 is 11.3 Å². The number of hydrogen-bond donors (Lipinski definition) is 1. The van der Waals surface area contributed by atoms with E-state index in [4.69, 9.17) is 9.97 Å². The first kappa shape index (κ1) is 27.4. The van der Waals surface area contributed by atoms with Crippen LogP contribution in [-0.4, -0.2) is 16.0 Å². The summed E-state index contributed by atoms with van der Waals surface area (Å²) in [4.78, 5) is 10.0. The highest BCUT2D eigenvalue weighted by molar-refractivity contribution is 5.83. The second-order valence-electron chi connectivity index (χ2n) is 11.5. The number of hydrogen-bond acceptors (Lipinski definition) is 3. The molecule has 0 amide bonds. The lowest BCUT2D eigenvalue weighted by Gasteiger charge is -2.21. The van der Waals surface area contributed by atoms with Gasteiger partial charge in [-0.3, -0.25) is 0 Å². The molecule has 44 heavy (non-hydrogen) atoms. The number of dihydropyridines is 1. The van der Waals surface area contributed by atoms with Gasteiger partial charge in [0.25, 0.3) is 0 Å². The van der Waals surface area contributed by atoms with Crippen LogP contribution in [0.1, 0.15) is 31.5 Å². The molecule has 3 heteroatoms. The minimum atomic E-state index is 0.246. The molecule has 0 fully saturated rings. The van der Waals surface area contributed by atoms with Crippen LogP contribution in [0, 0.1) is 18.1 Å². The standard InChI is InChI=1S/C41H33N3/c1-28-12-9-10-18-37(28)41-26-34(25-40(44-41)31-16-7-4-8-17-31)33-22-35(24-36(23-33)39-19-11-13-29(2)43-39)38-21-20-32(27-42-38)30-14-5-3-6-15-30/h3-11,13-19,22-29,43H,12H2,1-2H3. The predicted octanol–water partition coefficient (Wildman–Crippen LogP) is 9.61. The van der Waals surface area contributed by atoms with Gasteiger partial charge in [0.05, 0.1) is 17.0 Å². The van der Waals surface area contributed by atoms with Crippen LogP contribution in [-0.2, 0) is 0 Å². The van der Waals surface area contributed by atoms with Crippen LogP contribution in [0.25, 0.3) is 56.0 Å². The van der Waals surface area contributed by atoms with Crippen molar-refractivity contribution in [2.45, 2.75) is 26.3 Å². The Hall–Kier alpha value is -5.46. The average molecular weight is 568 g/mol. The van der Waals surface area contributed by atoms with Crippen LogP contribution >= 0.6 is 0 Å². The van der Waals surface area contributed by atoms with E-state index in [1.165, 1.54) is 5.57 Å². The van der Waals surface area contributed by atoms with Crippen molar-refractivity contribution in [3.8, 4) is 44.8 Å². The number of benzene rings is 3. The average Bonchev–Trinajstić information content (AvgIpc) is 3.09. The molecule has 2 aliphatic rings. The Labute approximate surface area is 260 Å². The van der Waals surface area contributed by atoms with Gasteiger partial charge < -0.3 is 5.32 Å². The van der Waals surface area contributed by atoms with Gasteiger partial charge in [-0.15, -0.1) is 0 Å². The van der Waals surface area contributed by atoms with Gasteiger partial charge in [-0.25, -0.2) is 9.97 Å². The second-order valence-corrected chi connectivity index (χ2v) is 11.5. The van der Waals surface area contributed by atoms with Crippen molar-refractivity contribution in [3.63, 3.8) is 0 Å². The summed E-state index contributed by atoms with van der Waals surface area (Å²) in [6.07, 6.45) is 15.9. The zero-order chi connectivity index (χ0) is 29.9. The minimum Gasteiger partial charge on any atom is -0.379 e. The monoisotopic (exact) mass is 567 g/mol. The fraction of sp³-hybridized carbons (Fsp3) is 0.122. The van der Waals surface area contributed by atoms with E-state index in [1.54, 1.807) is 0 Å². The third kappa shape index (κ3) is 5.76. The lowest BCUT2D eigenvalue weighted by atomic mass is 9.88. The number of allylic oxidation sites excluding steroid dienone is 6. The number of rotatable bonds is 6. The Morgan fingerprint density at radius 2 is 1.39 bits per heavy atom. The number of nitrogens with zero attached hydrogens (tertiary/aromatic N) is 2. The van der Waals surface area contributed by atoms with Crippen LogP contribution in [0.2, 0.25) is 0 Å². The molecule has 0 saturated carbocycles. The summed E-state index contributed by atoms with van der Waals surface area (Å²) in [5.74, 6) is 0.399. The van der Waals surface area contributed by atoms with Gasteiger partial charge in [0.2, 0.25) is 0 Å². The van der Waals surface area contributed by atoms with Gasteiger partial charge in [0.1, 0.15) is 5.69 Å². The van der Waals surface area contributed by atoms with Gasteiger partial charge in [-0.05, 0) is 89.6 Å². The fourth-order valence-corrected chi connectivity index (χ4v) is 5.84. The Morgan fingerprint density at radius 1 is 0.682 bits per heavy atom. The predicted molar refractivity (Wildman–Crippen MR) is 182 cm³/mol. The molecule has 212 valence electrons. The first-order chi connectivity index (χ1) is 21.6. The third-order valence-corrected chi connectivity index (χ3v) is 8.24. The Morgan fingerprint density at radius 3 is 2.11 bits per heavy atom. The first-order valence-corrected chi connectivity index (χ1v) is 15.2. The second kappa shape index (κ2) is 12.0. The summed E-state index contributed by atoms with van der Waals surface area (Å²) >= 11 is 0. The van der Waals surface area contributed by atoms with Crippen LogP contribution in [0.3, 0.4) is 0 Å². The van der Waals surface area contributed by atoms with Crippen molar-refractivity contribution in [2.75, 3.05) is 0 Å². The summed E-state index contributed by atoms with van der Waals surface area (Å²) in [5, 5.41) is 3.63. The molecule has 0 spiro atoms. The topological polar surface area (TPSA) is 37.8 Å². The maximum absolute atomic E-state index is 5.19. The van der Waals surface area contributed by atoms with Crippen LogP contribution in [0.4, 0.5) is 0 Å². The summed E-state index contributed by atoms with van der Waals surface area (Å²) in [7, 11) is 0. The lowest BCUT2D eigenvalue weighted by Crippen LogP contribution is -2.24. The zero-order valence-corrected chi connectivity index (χ0v) is 25.0. The van der Waals surface area contributed by atoms with Crippen LogP contribution in [0.5, 0.6) is 0 Å². The molecule has 7 rings (SSSR count). The molecule has 1 aliphatic heterocycles. The van der Waals surface area contributed by atoms with E-state index in [1.807, 2.05) is 30.5 Å². The zero-order valence-electron chi connectivity index (χ0n) is 25.0. The van der Waals surface area contributed by atoms with E-state index in [0.29, 0.717) is 5.92 Å². The molecule has 3 heterocycles. The van der Waals surface area contributed by atoms with E-state index < -0.39 is 0 Å². The van der Waals surface area contributed by atoms with Crippen molar-refractivity contribution in [1.29, 1.82) is 0 Å². The normalized spacial score (nSPS) is 17.3. The SMILES string of the molecule is CC1C=CC=C(c2cc(-c3cc(C4=CC=CCC4C)nc(-c4ccccc4)c3)cc(-c3c#cc(-c4ccccc4)cn3)c2)N1. The van der Waals surface area contributed by atoms with Crippen molar-refractivity contribution in [3.05, 3.63) is 157 Å². The van der Waals surface area contributed by atoms with Crippen molar-refractivity contribution in [2.24, 2.45) is 5.92 Å². The van der Waals surface area contributed by atoms with E-state index in [9.17, 15) is 0 Å². The number of nitrogens with one attached hydrogen (secondary N) is 1. The largest absolute Gasteiger partial charge is 0.379 e. The Kier molecular flexibility index (Phi) is 7.49. The quantitative estimate of drug-likeness (QED) is 0.222. The molecule has 2 unspecified atom stereocenters. The molecular formula is C41H33N3. The molecule has 1 aliphatic carbocycles. The molecule has 1 N–H and O–H groups in total. The van der Waals surface area contributed by atoms with E-state index in [-0.39, 0.29) is 6.04 Å². The highest BCUT2D eigenvalue weighted by atomic mass is 14.9. The highest BCUT2D eigenvalue weighted by Gasteiger charge is 2.18. The van der Waals surface area contributed by atoms with Crippen molar-refractivity contribution < 1.29 is 0 Å². The van der Waals surface area contributed by atoms with Gasteiger partial charge in [0, 0.05) is 29.1 Å². The lowest BCUT2D eigenvalue weighted by molar-refractivity contribution is 0.754. The van der Waals surface area contributed by atoms with Crippen LogP contribution in [0.15, 0.2) is 134 Å². The van der Waals surface area contributed by atoms with E-state index in [0.717, 1.165) is 68.1 Å². The molecule has 2 aromatic heterocycles. The maximum atomic E-state index is 5.19. The Balaban J connectivity index is 1.39. The Bertz CT molecular complexity index is 1910. The smallest absolute Gasteiger partial charge is 0.120 e. The molecule has 3 aromatic carbocycles. The van der Waals surface area contributed by atoms with Gasteiger partial charge in [-0.2, -0.15) is 0 Å². The third-order valence-electron chi connectivity index (χ3n) is 8.24. The highest BCUT2D eigenvalue weighted by Crippen LogP contribution is 2.36. The maximum Gasteiger partial charge on any atom is 0.120 e. The van der Waals surface area contributed by atoms with Crippen molar-refractivity contribution in [1.82, 2.24) is 15.3 Å². The molecule has 0 bridgehead atoms.